The third kappa shape index (κ3) is 3.86. The van der Waals surface area contributed by atoms with E-state index in [4.69, 9.17) is 0 Å². The molecule has 2 aromatic rings. The lowest BCUT2D eigenvalue weighted by atomic mass is 10.1. The van der Waals surface area contributed by atoms with Crippen LogP contribution in [0.2, 0.25) is 0 Å². The summed E-state index contributed by atoms with van der Waals surface area (Å²) in [6.45, 7) is 7.69. The van der Waals surface area contributed by atoms with Crippen molar-refractivity contribution in [2.75, 3.05) is 29.6 Å². The Bertz CT molecular complexity index is 844. The van der Waals surface area contributed by atoms with Gasteiger partial charge in [0, 0.05) is 24.2 Å². The Morgan fingerprint density at radius 3 is 2.58 bits per heavy atom. The summed E-state index contributed by atoms with van der Waals surface area (Å²) in [6, 6.07) is 7.36. The van der Waals surface area contributed by atoms with Crippen LogP contribution in [0.15, 0.2) is 23.2 Å². The van der Waals surface area contributed by atoms with E-state index < -0.39 is 12.0 Å². The highest BCUT2D eigenvalue weighted by molar-refractivity contribution is 7.98. The Kier molecular flexibility index (Phi) is 6.70. The molecule has 2 rings (SSSR count). The van der Waals surface area contributed by atoms with Gasteiger partial charge in [-0.1, -0.05) is 6.92 Å². The zero-order chi connectivity index (χ0) is 19.3. The zero-order valence-electron chi connectivity index (χ0n) is 15.5. The van der Waals surface area contributed by atoms with Gasteiger partial charge in [0.15, 0.2) is 0 Å². The molecule has 0 aliphatic rings. The van der Waals surface area contributed by atoms with Crippen LogP contribution in [0.25, 0.3) is 10.9 Å². The summed E-state index contributed by atoms with van der Waals surface area (Å²) in [5, 5.41) is 23.6. The lowest BCUT2D eigenvalue weighted by Crippen LogP contribution is -2.29. The van der Waals surface area contributed by atoms with E-state index in [1.165, 1.54) is 11.8 Å². The molecule has 0 aliphatic heterocycles. The van der Waals surface area contributed by atoms with Gasteiger partial charge in [-0.2, -0.15) is 5.26 Å². The number of hydrogen-bond acceptors (Lipinski definition) is 6. The van der Waals surface area contributed by atoms with Crippen molar-refractivity contribution in [2.24, 2.45) is 0 Å². The van der Waals surface area contributed by atoms with Crippen LogP contribution in [-0.4, -0.2) is 41.4 Å². The van der Waals surface area contributed by atoms with Crippen LogP contribution < -0.4 is 10.2 Å². The summed E-state index contributed by atoms with van der Waals surface area (Å²) in [6.07, 6.45) is 2.27. The second kappa shape index (κ2) is 8.77. The van der Waals surface area contributed by atoms with Gasteiger partial charge in [-0.25, -0.2) is 9.78 Å². The maximum absolute atomic E-state index is 11.5. The van der Waals surface area contributed by atoms with Crippen molar-refractivity contribution in [2.45, 2.75) is 38.3 Å². The Balaban J connectivity index is 2.75. The molecular formula is C19H24N4O2S. The van der Waals surface area contributed by atoms with E-state index in [0.717, 1.165) is 29.7 Å². The molecule has 0 aliphatic carbocycles. The molecule has 7 heteroatoms. The quantitative estimate of drug-likeness (QED) is 0.678. The first-order chi connectivity index (χ1) is 12.5. The van der Waals surface area contributed by atoms with Gasteiger partial charge >= 0.3 is 5.97 Å². The molecular weight excluding hydrogens is 348 g/mol. The first-order valence-electron chi connectivity index (χ1n) is 8.66. The number of anilines is 2. The van der Waals surface area contributed by atoms with Crippen LogP contribution >= 0.6 is 11.8 Å². The maximum atomic E-state index is 11.5. The van der Waals surface area contributed by atoms with E-state index in [9.17, 15) is 15.2 Å². The highest BCUT2D eigenvalue weighted by Crippen LogP contribution is 2.35. The monoisotopic (exact) mass is 372 g/mol. The van der Waals surface area contributed by atoms with Gasteiger partial charge in [0.25, 0.3) is 0 Å². The highest BCUT2D eigenvalue weighted by atomic mass is 32.2. The lowest BCUT2D eigenvalue weighted by molar-refractivity contribution is -0.137. The fourth-order valence-electron chi connectivity index (χ4n) is 2.93. The Labute approximate surface area is 158 Å². The van der Waals surface area contributed by atoms with Gasteiger partial charge in [-0.3, -0.25) is 0 Å². The third-order valence-corrected chi connectivity index (χ3v) is 5.08. The van der Waals surface area contributed by atoms with Crippen LogP contribution in [0.3, 0.4) is 0 Å². The zero-order valence-corrected chi connectivity index (χ0v) is 16.4. The Morgan fingerprint density at radius 1 is 1.38 bits per heavy atom. The van der Waals surface area contributed by atoms with Crippen LogP contribution in [0.4, 0.5) is 11.4 Å². The van der Waals surface area contributed by atoms with Crippen LogP contribution in [0, 0.1) is 11.3 Å². The SMILES string of the molecule is CCC(Nc1c(C#N)c(SC)nc2ccc(N(CC)CC)cc12)C(=O)O. The molecule has 6 nitrogen and oxygen atoms in total. The average molecular weight is 372 g/mol. The number of hydrogen-bond donors (Lipinski definition) is 2. The van der Waals surface area contributed by atoms with Crippen molar-refractivity contribution in [3.05, 3.63) is 23.8 Å². The number of carboxylic acid groups (broad SMARTS) is 1. The van der Waals surface area contributed by atoms with Gasteiger partial charge in [-0.05, 0) is 44.7 Å². The standard InChI is InChI=1S/C19H24N4O2S/c1-5-15(19(24)25)21-17-13-10-12(23(6-2)7-3)8-9-16(13)22-18(26-4)14(17)11-20/h8-10,15H,5-7H2,1-4H3,(H,21,22)(H,24,25). The van der Waals surface area contributed by atoms with Crippen molar-refractivity contribution in [3.63, 3.8) is 0 Å². The smallest absolute Gasteiger partial charge is 0.326 e. The minimum Gasteiger partial charge on any atom is -0.480 e. The number of aromatic nitrogens is 1. The number of pyridine rings is 1. The first-order valence-corrected chi connectivity index (χ1v) is 9.89. The number of nitriles is 1. The number of carbonyl (C=O) groups is 1. The molecule has 138 valence electrons. The van der Waals surface area contributed by atoms with Gasteiger partial charge < -0.3 is 15.3 Å². The third-order valence-electron chi connectivity index (χ3n) is 4.39. The van der Waals surface area contributed by atoms with Crippen molar-refractivity contribution >= 4 is 40.0 Å². The van der Waals surface area contributed by atoms with Gasteiger partial charge in [0.2, 0.25) is 0 Å². The summed E-state index contributed by atoms with van der Waals surface area (Å²) in [7, 11) is 0. The average Bonchev–Trinajstić information content (AvgIpc) is 2.65. The Hall–Kier alpha value is -2.46. The number of nitrogens with one attached hydrogen (secondary N) is 1. The molecule has 0 radical (unpaired) electrons. The molecule has 1 heterocycles. The van der Waals surface area contributed by atoms with Gasteiger partial charge in [0.1, 0.15) is 22.7 Å². The highest BCUT2D eigenvalue weighted by Gasteiger charge is 2.21. The van der Waals surface area contributed by atoms with Gasteiger partial charge in [-0.15, -0.1) is 11.8 Å². The molecule has 0 amide bonds. The summed E-state index contributed by atoms with van der Waals surface area (Å²) in [5.41, 5.74) is 2.70. The fourth-order valence-corrected chi connectivity index (χ4v) is 3.47. The lowest BCUT2D eigenvalue weighted by Gasteiger charge is -2.23. The molecule has 0 spiro atoms. The van der Waals surface area contributed by atoms with Crippen molar-refractivity contribution in [1.29, 1.82) is 5.26 Å². The second-order valence-corrected chi connectivity index (χ2v) is 6.59. The molecule has 2 N–H and O–H groups in total. The Morgan fingerprint density at radius 2 is 2.08 bits per heavy atom. The van der Waals surface area contributed by atoms with Crippen LogP contribution in [-0.2, 0) is 4.79 Å². The molecule has 1 aromatic carbocycles. The van der Waals surface area contributed by atoms with Crippen molar-refractivity contribution < 1.29 is 9.90 Å². The number of rotatable bonds is 8. The number of carboxylic acids is 1. The minimum atomic E-state index is -0.938. The van der Waals surface area contributed by atoms with Crippen LogP contribution in [0.5, 0.6) is 0 Å². The molecule has 1 aromatic heterocycles. The summed E-state index contributed by atoms with van der Waals surface area (Å²) >= 11 is 1.38. The van der Waals surface area contributed by atoms with Crippen molar-refractivity contribution in [1.82, 2.24) is 4.98 Å². The molecule has 0 bridgehead atoms. The topological polar surface area (TPSA) is 89.3 Å². The van der Waals surface area contributed by atoms with E-state index in [2.05, 4.69) is 35.1 Å². The number of aliphatic carboxylic acids is 1. The number of nitrogens with zero attached hydrogens (tertiary/aromatic N) is 3. The van der Waals surface area contributed by atoms with Crippen LogP contribution in [0.1, 0.15) is 32.8 Å². The van der Waals surface area contributed by atoms with E-state index in [0.29, 0.717) is 22.7 Å². The number of fused-ring (bicyclic) bond motifs is 1. The molecule has 1 unspecified atom stereocenters. The van der Waals surface area contributed by atoms with Crippen molar-refractivity contribution in [3.8, 4) is 6.07 Å². The largest absolute Gasteiger partial charge is 0.480 e. The predicted molar refractivity (Wildman–Crippen MR) is 107 cm³/mol. The number of benzene rings is 1. The second-order valence-electron chi connectivity index (χ2n) is 5.80. The summed E-state index contributed by atoms with van der Waals surface area (Å²) in [5.74, 6) is -0.938. The first kappa shape index (κ1) is 19.9. The molecule has 0 saturated heterocycles. The van der Waals surface area contributed by atoms with Gasteiger partial charge in [0.05, 0.1) is 11.2 Å². The van der Waals surface area contributed by atoms with E-state index >= 15 is 0 Å². The number of thioether (sulfide) groups is 1. The predicted octanol–water partition coefficient (Wildman–Crippen LogP) is 3.95. The molecule has 0 saturated carbocycles. The molecule has 1 atom stereocenters. The molecule has 0 fully saturated rings. The van der Waals surface area contributed by atoms with E-state index in [-0.39, 0.29) is 0 Å². The maximum Gasteiger partial charge on any atom is 0.326 e. The van der Waals surface area contributed by atoms with E-state index in [1.807, 2.05) is 24.5 Å². The normalized spacial score (nSPS) is 11.8. The summed E-state index contributed by atoms with van der Waals surface area (Å²) in [4.78, 5) is 18.3. The summed E-state index contributed by atoms with van der Waals surface area (Å²) < 4.78 is 0. The minimum absolute atomic E-state index is 0.390. The van der Waals surface area contributed by atoms with E-state index in [1.54, 1.807) is 6.92 Å². The molecule has 26 heavy (non-hydrogen) atoms. The fraction of sp³-hybridized carbons (Fsp3) is 0.421.